The molecule has 6 heteroatoms. The van der Waals surface area contributed by atoms with Crippen LogP contribution >= 0.6 is 0 Å². The van der Waals surface area contributed by atoms with Gasteiger partial charge in [0.25, 0.3) is 0 Å². The van der Waals surface area contributed by atoms with E-state index in [0.717, 1.165) is 24.8 Å². The van der Waals surface area contributed by atoms with E-state index in [4.69, 9.17) is 4.52 Å². The Morgan fingerprint density at radius 3 is 2.76 bits per heavy atom. The van der Waals surface area contributed by atoms with E-state index < -0.39 is 10.0 Å². The first kappa shape index (κ1) is 14.3. The summed E-state index contributed by atoms with van der Waals surface area (Å²) in [6.07, 6.45) is 2.78. The zero-order valence-electron chi connectivity index (χ0n) is 12.1. The van der Waals surface area contributed by atoms with Gasteiger partial charge in [0.2, 0.25) is 10.0 Å². The molecule has 1 atom stereocenters. The number of aromatic nitrogens is 1. The quantitative estimate of drug-likeness (QED) is 0.946. The summed E-state index contributed by atoms with van der Waals surface area (Å²) in [4.78, 5) is 0.158. The van der Waals surface area contributed by atoms with E-state index in [1.807, 2.05) is 18.2 Å². The molecule has 1 N–H and O–H groups in total. The fourth-order valence-corrected chi connectivity index (χ4v) is 4.56. The summed E-state index contributed by atoms with van der Waals surface area (Å²) in [5, 5.41) is 3.73. The predicted octanol–water partition coefficient (Wildman–Crippen LogP) is 2.65. The molecule has 1 aromatic carbocycles. The number of aryl methyl sites for hydroxylation is 3. The van der Waals surface area contributed by atoms with Gasteiger partial charge in [-0.3, -0.25) is 0 Å². The highest BCUT2D eigenvalue weighted by atomic mass is 32.2. The minimum absolute atomic E-state index is 0.158. The van der Waals surface area contributed by atoms with Crippen molar-refractivity contribution >= 4 is 10.0 Å². The van der Waals surface area contributed by atoms with Crippen LogP contribution in [-0.4, -0.2) is 13.6 Å². The monoisotopic (exact) mass is 306 g/mol. The van der Waals surface area contributed by atoms with Crippen molar-refractivity contribution in [2.24, 2.45) is 0 Å². The van der Waals surface area contributed by atoms with Gasteiger partial charge in [-0.2, -0.15) is 0 Å². The number of nitrogens with zero attached hydrogens (tertiary/aromatic N) is 1. The number of rotatable bonds is 3. The number of hydrogen-bond acceptors (Lipinski definition) is 4. The molecular weight excluding hydrogens is 288 g/mol. The predicted molar refractivity (Wildman–Crippen MR) is 78.4 cm³/mol. The number of sulfonamides is 1. The smallest absolute Gasteiger partial charge is 0.246 e. The second kappa shape index (κ2) is 5.27. The van der Waals surface area contributed by atoms with Crippen LogP contribution in [0.25, 0.3) is 0 Å². The minimum Gasteiger partial charge on any atom is -0.360 e. The van der Waals surface area contributed by atoms with Crippen molar-refractivity contribution in [3.63, 3.8) is 0 Å². The molecule has 1 aliphatic carbocycles. The molecule has 0 saturated heterocycles. The first-order valence-corrected chi connectivity index (χ1v) is 8.50. The van der Waals surface area contributed by atoms with E-state index in [0.29, 0.717) is 11.5 Å². The van der Waals surface area contributed by atoms with Crippen molar-refractivity contribution in [2.75, 3.05) is 0 Å². The Bertz CT molecular complexity index is 745. The van der Waals surface area contributed by atoms with Crippen LogP contribution in [0.1, 0.15) is 41.5 Å². The highest BCUT2D eigenvalue weighted by Crippen LogP contribution is 2.31. The molecule has 0 fully saturated rings. The summed E-state index contributed by atoms with van der Waals surface area (Å²) in [5.74, 6) is 0.323. The number of fused-ring (bicyclic) bond motifs is 1. The lowest BCUT2D eigenvalue weighted by atomic mass is 9.88. The molecule has 21 heavy (non-hydrogen) atoms. The van der Waals surface area contributed by atoms with Gasteiger partial charge in [-0.1, -0.05) is 29.4 Å². The Hall–Kier alpha value is -1.66. The van der Waals surface area contributed by atoms with Gasteiger partial charge in [0.1, 0.15) is 10.6 Å². The van der Waals surface area contributed by atoms with Crippen LogP contribution in [0.5, 0.6) is 0 Å². The van der Waals surface area contributed by atoms with Crippen LogP contribution in [-0.2, 0) is 16.4 Å². The molecule has 0 radical (unpaired) electrons. The number of hydrogen-bond donors (Lipinski definition) is 1. The maximum absolute atomic E-state index is 12.6. The third-order valence-corrected chi connectivity index (χ3v) is 5.62. The third kappa shape index (κ3) is 2.61. The highest BCUT2D eigenvalue weighted by molar-refractivity contribution is 7.89. The Kier molecular flexibility index (Phi) is 3.59. The second-order valence-electron chi connectivity index (χ2n) is 5.42. The number of benzene rings is 1. The summed E-state index contributed by atoms with van der Waals surface area (Å²) < 4.78 is 33.0. The molecule has 0 spiro atoms. The molecule has 1 heterocycles. The van der Waals surface area contributed by atoms with Crippen LogP contribution in [0, 0.1) is 13.8 Å². The van der Waals surface area contributed by atoms with E-state index in [9.17, 15) is 8.42 Å². The molecule has 3 rings (SSSR count). The normalized spacial score (nSPS) is 18.5. The van der Waals surface area contributed by atoms with Crippen molar-refractivity contribution < 1.29 is 12.9 Å². The highest BCUT2D eigenvalue weighted by Gasteiger charge is 2.29. The van der Waals surface area contributed by atoms with E-state index in [1.54, 1.807) is 13.8 Å². The maximum atomic E-state index is 12.6. The molecule has 0 saturated carbocycles. The Labute approximate surface area is 124 Å². The standard InChI is InChI=1S/C15H18N2O3S/c1-10-15(11(2)20-16-10)21(18,19)17-14-9-5-7-12-6-3-4-8-13(12)14/h3-4,6,8,14,17H,5,7,9H2,1-2H3/t14-/m0/s1. The zero-order chi connectivity index (χ0) is 15.0. The van der Waals surface area contributed by atoms with Crippen LogP contribution in [0.4, 0.5) is 0 Å². The van der Waals surface area contributed by atoms with E-state index >= 15 is 0 Å². The van der Waals surface area contributed by atoms with Crippen molar-refractivity contribution in [2.45, 2.75) is 44.0 Å². The molecule has 1 aromatic heterocycles. The fourth-order valence-electron chi connectivity index (χ4n) is 2.98. The van der Waals surface area contributed by atoms with Crippen molar-refractivity contribution in [3.05, 3.63) is 46.8 Å². The lowest BCUT2D eigenvalue weighted by Gasteiger charge is -2.26. The molecule has 1 aliphatic rings. The Balaban J connectivity index is 1.94. The maximum Gasteiger partial charge on any atom is 0.246 e. The van der Waals surface area contributed by atoms with E-state index in [-0.39, 0.29) is 10.9 Å². The Morgan fingerprint density at radius 1 is 1.29 bits per heavy atom. The van der Waals surface area contributed by atoms with Crippen LogP contribution < -0.4 is 4.72 Å². The van der Waals surface area contributed by atoms with E-state index in [1.165, 1.54) is 5.56 Å². The largest absolute Gasteiger partial charge is 0.360 e. The van der Waals surface area contributed by atoms with Crippen LogP contribution in [0.2, 0.25) is 0 Å². The summed E-state index contributed by atoms with van der Waals surface area (Å²) in [5.41, 5.74) is 2.68. The number of nitrogens with one attached hydrogen (secondary N) is 1. The molecule has 0 unspecified atom stereocenters. The van der Waals surface area contributed by atoms with Crippen LogP contribution in [0.3, 0.4) is 0 Å². The molecule has 112 valence electrons. The van der Waals surface area contributed by atoms with Gasteiger partial charge in [0.05, 0.1) is 0 Å². The minimum atomic E-state index is -3.63. The van der Waals surface area contributed by atoms with Gasteiger partial charge in [0.15, 0.2) is 5.76 Å². The lowest BCUT2D eigenvalue weighted by molar-refractivity contribution is 0.390. The summed E-state index contributed by atoms with van der Waals surface area (Å²) >= 11 is 0. The zero-order valence-corrected chi connectivity index (χ0v) is 12.9. The second-order valence-corrected chi connectivity index (χ2v) is 7.07. The van der Waals surface area contributed by atoms with Gasteiger partial charge in [-0.25, -0.2) is 13.1 Å². The summed E-state index contributed by atoms with van der Waals surface area (Å²) in [7, 11) is -3.63. The molecule has 5 nitrogen and oxygen atoms in total. The molecule has 2 aromatic rings. The van der Waals surface area contributed by atoms with E-state index in [2.05, 4.69) is 15.9 Å². The summed E-state index contributed by atoms with van der Waals surface area (Å²) in [6.45, 7) is 3.25. The topological polar surface area (TPSA) is 72.2 Å². The lowest BCUT2D eigenvalue weighted by Crippen LogP contribution is -2.31. The average Bonchev–Trinajstić information content (AvgIpc) is 2.79. The van der Waals surface area contributed by atoms with Gasteiger partial charge in [-0.15, -0.1) is 0 Å². The Morgan fingerprint density at radius 2 is 2.05 bits per heavy atom. The van der Waals surface area contributed by atoms with Crippen molar-refractivity contribution in [1.29, 1.82) is 0 Å². The fraction of sp³-hybridized carbons (Fsp3) is 0.400. The van der Waals surface area contributed by atoms with Crippen molar-refractivity contribution in [3.8, 4) is 0 Å². The first-order valence-electron chi connectivity index (χ1n) is 7.02. The van der Waals surface area contributed by atoms with Gasteiger partial charge in [0, 0.05) is 6.04 Å². The average molecular weight is 306 g/mol. The van der Waals surface area contributed by atoms with Gasteiger partial charge in [-0.05, 0) is 44.2 Å². The molecule has 0 bridgehead atoms. The first-order chi connectivity index (χ1) is 9.99. The summed E-state index contributed by atoms with van der Waals surface area (Å²) in [6, 6.07) is 7.81. The van der Waals surface area contributed by atoms with Gasteiger partial charge < -0.3 is 4.52 Å². The van der Waals surface area contributed by atoms with Crippen molar-refractivity contribution in [1.82, 2.24) is 9.88 Å². The van der Waals surface area contributed by atoms with Gasteiger partial charge >= 0.3 is 0 Å². The molecule has 0 amide bonds. The van der Waals surface area contributed by atoms with Crippen LogP contribution in [0.15, 0.2) is 33.7 Å². The SMILES string of the molecule is Cc1noc(C)c1S(=O)(=O)N[C@H]1CCCc2ccccc21. The third-order valence-electron chi connectivity index (χ3n) is 3.90. The molecular formula is C15H18N2O3S. The molecule has 0 aliphatic heterocycles.